The summed E-state index contributed by atoms with van der Waals surface area (Å²) in [6.07, 6.45) is 1.83. The minimum atomic E-state index is 0. The molecule has 1 aromatic carbocycles. The molecule has 4 nitrogen and oxygen atoms in total. The van der Waals surface area contributed by atoms with Gasteiger partial charge in [-0.1, -0.05) is 30.3 Å². The van der Waals surface area contributed by atoms with Gasteiger partial charge in [0.2, 0.25) is 0 Å². The summed E-state index contributed by atoms with van der Waals surface area (Å²) < 4.78 is 0. The van der Waals surface area contributed by atoms with E-state index in [-0.39, 0.29) is 24.0 Å². The standard InChI is InChI=1S/C18H20N4S.HI/c1-2-19-18(22-13-16-9-5-11-23-16)21-12-15-7-3-6-14-8-4-10-20-17(14)15;/h3-11H,2,12-13H2,1H3,(H2,19,21,22);1H. The SMILES string of the molecule is CCNC(=NCc1cccc2cccnc12)NCc1cccs1.I. The monoisotopic (exact) mass is 452 g/mol. The van der Waals surface area contributed by atoms with Crippen LogP contribution >= 0.6 is 35.3 Å². The summed E-state index contributed by atoms with van der Waals surface area (Å²) in [6.45, 7) is 4.30. The van der Waals surface area contributed by atoms with E-state index in [1.807, 2.05) is 12.3 Å². The van der Waals surface area contributed by atoms with Crippen molar-refractivity contribution in [2.75, 3.05) is 6.54 Å². The first-order chi connectivity index (χ1) is 11.4. The molecule has 24 heavy (non-hydrogen) atoms. The maximum absolute atomic E-state index is 4.69. The second-order valence-electron chi connectivity index (χ2n) is 5.12. The number of hydrogen-bond donors (Lipinski definition) is 2. The van der Waals surface area contributed by atoms with Gasteiger partial charge in [-0.3, -0.25) is 4.98 Å². The van der Waals surface area contributed by atoms with Gasteiger partial charge in [0, 0.05) is 23.0 Å². The van der Waals surface area contributed by atoms with Crippen LogP contribution in [0.5, 0.6) is 0 Å². The Morgan fingerprint density at radius 1 is 1.12 bits per heavy atom. The molecular weight excluding hydrogens is 431 g/mol. The zero-order valence-corrected chi connectivity index (χ0v) is 16.7. The maximum atomic E-state index is 4.69. The number of thiophene rings is 1. The molecule has 0 spiro atoms. The molecule has 0 saturated carbocycles. The van der Waals surface area contributed by atoms with Gasteiger partial charge in [-0.25, -0.2) is 4.99 Å². The lowest BCUT2D eigenvalue weighted by Gasteiger charge is -2.11. The fourth-order valence-corrected chi connectivity index (χ4v) is 3.03. The number of nitrogens with zero attached hydrogens (tertiary/aromatic N) is 2. The second-order valence-corrected chi connectivity index (χ2v) is 6.15. The lowest BCUT2D eigenvalue weighted by atomic mass is 10.1. The Balaban J connectivity index is 0.00000208. The normalized spacial score (nSPS) is 11.1. The molecule has 0 unspecified atom stereocenters. The molecule has 0 aliphatic rings. The maximum Gasteiger partial charge on any atom is 0.191 e. The van der Waals surface area contributed by atoms with E-state index in [0.717, 1.165) is 35.5 Å². The predicted octanol–water partition coefficient (Wildman–Crippen LogP) is 4.17. The molecule has 2 heterocycles. The number of fused-ring (bicyclic) bond motifs is 1. The Labute approximate surface area is 163 Å². The van der Waals surface area contributed by atoms with Crippen LogP contribution < -0.4 is 10.6 Å². The van der Waals surface area contributed by atoms with Crippen molar-refractivity contribution in [3.05, 3.63) is 64.5 Å². The van der Waals surface area contributed by atoms with Crippen LogP contribution in [0.15, 0.2) is 59.0 Å². The minimum absolute atomic E-state index is 0. The number of aromatic nitrogens is 1. The third-order valence-electron chi connectivity index (χ3n) is 3.48. The van der Waals surface area contributed by atoms with Crippen molar-refractivity contribution in [3.63, 3.8) is 0 Å². The van der Waals surface area contributed by atoms with Crippen molar-refractivity contribution in [2.24, 2.45) is 4.99 Å². The van der Waals surface area contributed by atoms with Crippen LogP contribution in [0.25, 0.3) is 10.9 Å². The van der Waals surface area contributed by atoms with Crippen molar-refractivity contribution in [1.82, 2.24) is 15.6 Å². The number of halogens is 1. The molecule has 3 aromatic rings. The predicted molar refractivity (Wildman–Crippen MR) is 113 cm³/mol. The average molecular weight is 452 g/mol. The Hall–Kier alpha value is -1.67. The highest BCUT2D eigenvalue weighted by molar-refractivity contribution is 14.0. The third kappa shape index (κ3) is 4.91. The second kappa shape index (κ2) is 9.58. The van der Waals surface area contributed by atoms with E-state index in [1.165, 1.54) is 4.88 Å². The fraction of sp³-hybridized carbons (Fsp3) is 0.222. The Kier molecular flexibility index (Phi) is 7.45. The number of guanidine groups is 1. The molecular formula is C18H21IN4S. The van der Waals surface area contributed by atoms with E-state index >= 15 is 0 Å². The van der Waals surface area contributed by atoms with Gasteiger partial charge in [0.1, 0.15) is 0 Å². The van der Waals surface area contributed by atoms with Crippen LogP contribution in [-0.2, 0) is 13.1 Å². The van der Waals surface area contributed by atoms with Crippen molar-refractivity contribution < 1.29 is 0 Å². The zero-order chi connectivity index (χ0) is 15.9. The number of hydrogen-bond acceptors (Lipinski definition) is 3. The molecule has 0 aliphatic heterocycles. The summed E-state index contributed by atoms with van der Waals surface area (Å²) in [5, 5.41) is 9.89. The molecule has 0 aliphatic carbocycles. The van der Waals surface area contributed by atoms with Crippen LogP contribution in [0, 0.1) is 0 Å². The Morgan fingerprint density at radius 3 is 2.79 bits per heavy atom. The van der Waals surface area contributed by atoms with Gasteiger partial charge in [-0.15, -0.1) is 35.3 Å². The fourth-order valence-electron chi connectivity index (χ4n) is 2.38. The van der Waals surface area contributed by atoms with Crippen LogP contribution in [-0.4, -0.2) is 17.5 Å². The van der Waals surface area contributed by atoms with E-state index in [0.29, 0.717) is 6.54 Å². The van der Waals surface area contributed by atoms with E-state index in [2.05, 4.69) is 64.3 Å². The summed E-state index contributed by atoms with van der Waals surface area (Å²) in [4.78, 5) is 10.5. The van der Waals surface area contributed by atoms with Gasteiger partial charge in [-0.05, 0) is 30.0 Å². The molecule has 0 radical (unpaired) electrons. The van der Waals surface area contributed by atoms with Gasteiger partial charge >= 0.3 is 0 Å². The van der Waals surface area contributed by atoms with Crippen molar-refractivity contribution in [2.45, 2.75) is 20.0 Å². The topological polar surface area (TPSA) is 49.3 Å². The van der Waals surface area contributed by atoms with Crippen molar-refractivity contribution in [1.29, 1.82) is 0 Å². The zero-order valence-electron chi connectivity index (χ0n) is 13.5. The van der Waals surface area contributed by atoms with Gasteiger partial charge < -0.3 is 10.6 Å². The van der Waals surface area contributed by atoms with Crippen LogP contribution in [0.3, 0.4) is 0 Å². The third-order valence-corrected chi connectivity index (χ3v) is 4.35. The molecule has 0 saturated heterocycles. The Bertz CT molecular complexity index is 781. The number of nitrogens with one attached hydrogen (secondary N) is 2. The highest BCUT2D eigenvalue weighted by atomic mass is 127. The molecule has 0 fully saturated rings. The molecule has 0 atom stereocenters. The quantitative estimate of drug-likeness (QED) is 0.347. The molecule has 2 aromatic heterocycles. The lowest BCUT2D eigenvalue weighted by molar-refractivity contribution is 0.824. The van der Waals surface area contributed by atoms with E-state index in [4.69, 9.17) is 4.99 Å². The lowest BCUT2D eigenvalue weighted by Crippen LogP contribution is -2.36. The number of rotatable bonds is 5. The number of para-hydroxylation sites is 1. The van der Waals surface area contributed by atoms with Crippen molar-refractivity contribution >= 4 is 52.2 Å². The summed E-state index contributed by atoms with van der Waals surface area (Å²) in [5.74, 6) is 0.828. The largest absolute Gasteiger partial charge is 0.357 e. The summed E-state index contributed by atoms with van der Waals surface area (Å²) in [6, 6.07) is 14.4. The number of benzene rings is 1. The van der Waals surface area contributed by atoms with E-state index in [9.17, 15) is 0 Å². The Morgan fingerprint density at radius 2 is 2.00 bits per heavy atom. The summed E-state index contributed by atoms with van der Waals surface area (Å²) in [5.41, 5.74) is 2.16. The smallest absolute Gasteiger partial charge is 0.191 e. The molecule has 126 valence electrons. The first-order valence-corrected chi connectivity index (χ1v) is 8.62. The highest BCUT2D eigenvalue weighted by Crippen LogP contribution is 2.16. The minimum Gasteiger partial charge on any atom is -0.357 e. The average Bonchev–Trinajstić information content (AvgIpc) is 3.11. The molecule has 2 N–H and O–H groups in total. The first-order valence-electron chi connectivity index (χ1n) is 7.74. The van der Waals surface area contributed by atoms with E-state index in [1.54, 1.807) is 11.3 Å². The van der Waals surface area contributed by atoms with Gasteiger partial charge in [0.05, 0.1) is 18.6 Å². The van der Waals surface area contributed by atoms with Crippen LogP contribution in [0.1, 0.15) is 17.4 Å². The van der Waals surface area contributed by atoms with Gasteiger partial charge in [0.25, 0.3) is 0 Å². The molecule has 0 bridgehead atoms. The highest BCUT2D eigenvalue weighted by Gasteiger charge is 2.03. The number of aliphatic imine (C=N–C) groups is 1. The summed E-state index contributed by atoms with van der Waals surface area (Å²) in [7, 11) is 0. The van der Waals surface area contributed by atoms with Crippen LogP contribution in [0.4, 0.5) is 0 Å². The van der Waals surface area contributed by atoms with E-state index < -0.39 is 0 Å². The van der Waals surface area contributed by atoms with Gasteiger partial charge in [-0.2, -0.15) is 0 Å². The number of pyridine rings is 1. The van der Waals surface area contributed by atoms with Crippen LogP contribution in [0.2, 0.25) is 0 Å². The van der Waals surface area contributed by atoms with Crippen molar-refractivity contribution in [3.8, 4) is 0 Å². The van der Waals surface area contributed by atoms with Gasteiger partial charge in [0.15, 0.2) is 5.96 Å². The molecule has 3 rings (SSSR count). The summed E-state index contributed by atoms with van der Waals surface area (Å²) >= 11 is 1.74. The molecule has 6 heteroatoms. The molecule has 0 amide bonds. The first kappa shape index (κ1) is 18.7.